The van der Waals surface area contributed by atoms with Crippen molar-refractivity contribution in [3.05, 3.63) is 60.2 Å². The van der Waals surface area contributed by atoms with Crippen LogP contribution in [0.4, 0.5) is 5.69 Å². The lowest BCUT2D eigenvalue weighted by Gasteiger charge is -2.15. The smallest absolute Gasteiger partial charge is 0.310 e. The summed E-state index contributed by atoms with van der Waals surface area (Å²) in [6.45, 7) is 0.670. The normalized spacial score (nSPS) is 14.6. The predicted octanol–water partition coefficient (Wildman–Crippen LogP) is 2.20. The first-order valence-electron chi connectivity index (χ1n) is 9.05. The molecule has 1 fully saturated rings. The Morgan fingerprint density at radius 2 is 1.61 bits per heavy atom. The molecule has 2 aromatic rings. The number of rotatable bonds is 7. The molecule has 7 nitrogen and oxygen atoms in total. The molecule has 1 aliphatic heterocycles. The summed E-state index contributed by atoms with van der Waals surface area (Å²) in [7, 11) is -3.48. The van der Waals surface area contributed by atoms with Crippen molar-refractivity contribution in [1.29, 1.82) is 0 Å². The van der Waals surface area contributed by atoms with Crippen LogP contribution in [0.5, 0.6) is 0 Å². The number of hydrogen-bond donors (Lipinski definition) is 1. The lowest BCUT2D eigenvalue weighted by atomic mass is 10.2. The summed E-state index contributed by atoms with van der Waals surface area (Å²) >= 11 is 0. The third-order valence-electron chi connectivity index (χ3n) is 4.40. The Morgan fingerprint density at radius 1 is 0.964 bits per heavy atom. The maximum Gasteiger partial charge on any atom is 0.310 e. The zero-order valence-corrected chi connectivity index (χ0v) is 16.2. The summed E-state index contributed by atoms with van der Waals surface area (Å²) < 4.78 is 31.4. The summed E-state index contributed by atoms with van der Waals surface area (Å²) in [4.78, 5) is 23.9. The molecule has 28 heavy (non-hydrogen) atoms. The lowest BCUT2D eigenvalue weighted by molar-refractivity contribution is -0.146. The van der Waals surface area contributed by atoms with E-state index in [4.69, 9.17) is 4.74 Å². The van der Waals surface area contributed by atoms with Crippen molar-refractivity contribution in [2.75, 3.05) is 25.0 Å². The minimum absolute atomic E-state index is 0.0944. The van der Waals surface area contributed by atoms with Crippen LogP contribution in [0.2, 0.25) is 0 Å². The highest BCUT2D eigenvalue weighted by Crippen LogP contribution is 2.22. The zero-order chi connectivity index (χ0) is 20.0. The molecule has 1 amide bonds. The first kappa shape index (κ1) is 20.0. The predicted molar refractivity (Wildman–Crippen MR) is 104 cm³/mol. The van der Waals surface area contributed by atoms with Gasteiger partial charge in [-0.1, -0.05) is 30.3 Å². The van der Waals surface area contributed by atoms with E-state index in [1.165, 1.54) is 28.6 Å². The molecule has 2 aromatic carbocycles. The maximum absolute atomic E-state index is 12.5. The van der Waals surface area contributed by atoms with Crippen molar-refractivity contribution in [2.45, 2.75) is 24.2 Å². The average Bonchev–Trinajstić information content (AvgIpc) is 3.23. The van der Waals surface area contributed by atoms with Crippen LogP contribution in [-0.2, 0) is 30.8 Å². The van der Waals surface area contributed by atoms with E-state index in [0.29, 0.717) is 18.8 Å². The zero-order valence-electron chi connectivity index (χ0n) is 15.3. The Bertz CT molecular complexity index is 921. The molecule has 3 rings (SSSR count). The molecule has 0 spiro atoms. The number of esters is 1. The van der Waals surface area contributed by atoms with Crippen molar-refractivity contribution < 1.29 is 22.7 Å². The van der Waals surface area contributed by atoms with Gasteiger partial charge < -0.3 is 10.1 Å². The molecule has 1 aliphatic rings. The molecule has 148 valence electrons. The molecular formula is C20H22N2O5S. The monoisotopic (exact) mass is 402 g/mol. The minimum Gasteiger partial charge on any atom is -0.455 e. The number of nitrogens with zero attached hydrogens (tertiary/aromatic N) is 1. The molecule has 1 heterocycles. The van der Waals surface area contributed by atoms with Crippen LogP contribution in [-0.4, -0.2) is 44.3 Å². The summed E-state index contributed by atoms with van der Waals surface area (Å²) in [6, 6.07) is 15.1. The Balaban J connectivity index is 1.49. The highest BCUT2D eigenvalue weighted by molar-refractivity contribution is 7.89. The second-order valence-corrected chi connectivity index (χ2v) is 8.44. The number of ether oxygens (including phenoxy) is 1. The van der Waals surface area contributed by atoms with Gasteiger partial charge in [0.25, 0.3) is 5.91 Å². The molecule has 8 heteroatoms. The molecule has 0 aromatic heterocycles. The number of amides is 1. The lowest BCUT2D eigenvalue weighted by Crippen LogP contribution is -2.27. The van der Waals surface area contributed by atoms with Crippen molar-refractivity contribution >= 4 is 27.6 Å². The van der Waals surface area contributed by atoms with E-state index in [0.717, 1.165) is 18.4 Å². The van der Waals surface area contributed by atoms with Crippen molar-refractivity contribution in [3.63, 3.8) is 0 Å². The average molecular weight is 402 g/mol. The van der Waals surface area contributed by atoms with E-state index in [2.05, 4.69) is 5.32 Å². The van der Waals surface area contributed by atoms with Gasteiger partial charge in [-0.05, 0) is 42.7 Å². The van der Waals surface area contributed by atoms with E-state index in [1.54, 1.807) is 12.1 Å². The Labute approximate surface area is 164 Å². The van der Waals surface area contributed by atoms with Crippen LogP contribution < -0.4 is 5.32 Å². The quantitative estimate of drug-likeness (QED) is 0.717. The molecule has 0 atom stereocenters. The van der Waals surface area contributed by atoms with Crippen molar-refractivity contribution in [2.24, 2.45) is 0 Å². The number of benzene rings is 2. The largest absolute Gasteiger partial charge is 0.455 e. The summed E-state index contributed by atoms with van der Waals surface area (Å²) in [5.41, 5.74) is 1.24. The van der Waals surface area contributed by atoms with E-state index in [9.17, 15) is 18.0 Å². The number of hydrogen-bond acceptors (Lipinski definition) is 5. The Morgan fingerprint density at radius 3 is 2.25 bits per heavy atom. The molecule has 1 saturated heterocycles. The minimum atomic E-state index is -3.48. The van der Waals surface area contributed by atoms with Crippen LogP contribution in [0, 0.1) is 0 Å². The van der Waals surface area contributed by atoms with Gasteiger partial charge in [0.1, 0.15) is 0 Å². The second kappa shape index (κ2) is 8.99. The van der Waals surface area contributed by atoms with E-state index >= 15 is 0 Å². The first-order valence-corrected chi connectivity index (χ1v) is 10.5. The highest BCUT2D eigenvalue weighted by Gasteiger charge is 2.26. The number of carbonyl (C=O) groups is 2. The first-order chi connectivity index (χ1) is 13.4. The van der Waals surface area contributed by atoms with Crippen molar-refractivity contribution in [3.8, 4) is 0 Å². The maximum atomic E-state index is 12.5. The Kier molecular flexibility index (Phi) is 6.43. The molecule has 0 unspecified atom stereocenters. The van der Waals surface area contributed by atoms with E-state index in [-0.39, 0.29) is 11.3 Å². The van der Waals surface area contributed by atoms with Gasteiger partial charge in [0.05, 0.1) is 11.3 Å². The third kappa shape index (κ3) is 5.17. The fourth-order valence-electron chi connectivity index (χ4n) is 2.94. The Hall–Kier alpha value is -2.71. The van der Waals surface area contributed by atoms with Gasteiger partial charge in [0.15, 0.2) is 6.61 Å². The standard InChI is InChI=1S/C20H22N2O5S/c23-19(15-27-20(24)14-16-6-2-1-3-7-16)21-17-8-10-18(11-9-17)28(25,26)22-12-4-5-13-22/h1-3,6-11H,4-5,12-15H2,(H,21,23). The molecular weight excluding hydrogens is 380 g/mol. The van der Waals surface area contributed by atoms with E-state index < -0.39 is 28.5 Å². The SMILES string of the molecule is O=C(COC(=O)Cc1ccccc1)Nc1ccc(S(=O)(=O)N2CCCC2)cc1. The molecule has 0 radical (unpaired) electrons. The fourth-order valence-corrected chi connectivity index (χ4v) is 4.46. The number of carbonyl (C=O) groups excluding carboxylic acids is 2. The fraction of sp³-hybridized carbons (Fsp3) is 0.300. The molecule has 0 bridgehead atoms. The van der Waals surface area contributed by atoms with Gasteiger partial charge in [-0.25, -0.2) is 8.42 Å². The molecule has 1 N–H and O–H groups in total. The topological polar surface area (TPSA) is 92.8 Å². The highest BCUT2D eigenvalue weighted by atomic mass is 32.2. The van der Waals surface area contributed by atoms with Crippen LogP contribution in [0.15, 0.2) is 59.5 Å². The summed E-state index contributed by atoms with van der Waals surface area (Å²) in [6.07, 6.45) is 1.84. The number of nitrogens with one attached hydrogen (secondary N) is 1. The van der Waals surface area contributed by atoms with Gasteiger partial charge in [-0.3, -0.25) is 9.59 Å². The van der Waals surface area contributed by atoms with Crippen LogP contribution in [0.3, 0.4) is 0 Å². The van der Waals surface area contributed by atoms with Crippen molar-refractivity contribution in [1.82, 2.24) is 4.31 Å². The molecule has 0 aliphatic carbocycles. The second-order valence-electron chi connectivity index (χ2n) is 6.51. The summed E-state index contributed by atoms with van der Waals surface area (Å²) in [5.74, 6) is -0.982. The number of sulfonamides is 1. The van der Waals surface area contributed by atoms with Gasteiger partial charge in [0.2, 0.25) is 10.0 Å². The van der Waals surface area contributed by atoms with Crippen LogP contribution in [0.1, 0.15) is 18.4 Å². The van der Waals surface area contributed by atoms with Gasteiger partial charge in [-0.2, -0.15) is 4.31 Å². The summed E-state index contributed by atoms with van der Waals surface area (Å²) in [5, 5.41) is 2.58. The van der Waals surface area contributed by atoms with Crippen LogP contribution >= 0.6 is 0 Å². The van der Waals surface area contributed by atoms with Gasteiger partial charge in [0, 0.05) is 18.8 Å². The molecule has 0 saturated carbocycles. The number of anilines is 1. The third-order valence-corrected chi connectivity index (χ3v) is 6.31. The van der Waals surface area contributed by atoms with Crippen LogP contribution in [0.25, 0.3) is 0 Å². The van der Waals surface area contributed by atoms with Gasteiger partial charge >= 0.3 is 5.97 Å². The van der Waals surface area contributed by atoms with E-state index in [1.807, 2.05) is 18.2 Å². The van der Waals surface area contributed by atoms with Gasteiger partial charge in [-0.15, -0.1) is 0 Å².